The van der Waals surface area contributed by atoms with E-state index in [1.165, 1.54) is 27.7 Å². The summed E-state index contributed by atoms with van der Waals surface area (Å²) in [5, 5.41) is 25.7. The highest BCUT2D eigenvalue weighted by Gasteiger charge is 2.41. The van der Waals surface area contributed by atoms with Gasteiger partial charge in [-0.05, 0) is 79.1 Å². The fourth-order valence-corrected chi connectivity index (χ4v) is 3.45. The summed E-state index contributed by atoms with van der Waals surface area (Å²) in [6.45, 7) is 9.50. The molecule has 0 aromatic carbocycles. The lowest BCUT2D eigenvalue weighted by molar-refractivity contribution is -0.148. The molecule has 13 nitrogen and oxygen atoms in total. The molecule has 0 unspecified atom stereocenters. The molecule has 0 aliphatic rings. The van der Waals surface area contributed by atoms with Gasteiger partial charge in [0.05, 0.1) is 31.7 Å². The highest BCUT2D eigenvalue weighted by atomic mass is 16.5. The molecule has 0 radical (unpaired) electrons. The van der Waals surface area contributed by atoms with E-state index in [9.17, 15) is 33.6 Å². The number of aliphatic hydroxyl groups excluding tert-OH is 3. The minimum atomic E-state index is -1.41. The van der Waals surface area contributed by atoms with Crippen molar-refractivity contribution in [3.63, 3.8) is 0 Å². The third-order valence-electron chi connectivity index (χ3n) is 5.95. The third kappa shape index (κ3) is 30.5. The smallest absolute Gasteiger partial charge is 0.330 e. The van der Waals surface area contributed by atoms with Crippen LogP contribution in [0.1, 0.15) is 106 Å². The zero-order valence-electron chi connectivity index (χ0n) is 26.7. The monoisotopic (exact) mass is 648 g/mol. The SMILES string of the molecule is C.C=CC(=O)OCCCCO.CC(=O)C(CCC(=O)OCCCCO)(CCC(=O)OCCCCO)C(C)=O.CC(=O)CC(C)=O. The van der Waals surface area contributed by atoms with Crippen LogP contribution in [-0.4, -0.2) is 96.0 Å². The number of hydrogen-bond donors (Lipinski definition) is 3. The molecular weight excluding hydrogens is 592 g/mol. The van der Waals surface area contributed by atoms with Crippen LogP contribution in [0, 0.1) is 5.41 Å². The lowest BCUT2D eigenvalue weighted by Crippen LogP contribution is -2.38. The van der Waals surface area contributed by atoms with E-state index < -0.39 is 34.9 Å². The van der Waals surface area contributed by atoms with E-state index in [-0.39, 0.29) is 84.1 Å². The van der Waals surface area contributed by atoms with E-state index in [2.05, 4.69) is 11.3 Å². The number of hydrogen-bond acceptors (Lipinski definition) is 13. The van der Waals surface area contributed by atoms with Crippen LogP contribution in [0.3, 0.4) is 0 Å². The lowest BCUT2D eigenvalue weighted by Gasteiger charge is -2.28. The highest BCUT2D eigenvalue weighted by Crippen LogP contribution is 2.33. The first-order valence-corrected chi connectivity index (χ1v) is 14.7. The Morgan fingerprint density at radius 2 is 0.933 bits per heavy atom. The van der Waals surface area contributed by atoms with Gasteiger partial charge in [-0.1, -0.05) is 14.0 Å². The van der Waals surface area contributed by atoms with Gasteiger partial charge in [-0.3, -0.25) is 28.8 Å². The van der Waals surface area contributed by atoms with Crippen LogP contribution in [0.15, 0.2) is 12.7 Å². The van der Waals surface area contributed by atoms with Gasteiger partial charge in [-0.2, -0.15) is 0 Å². The van der Waals surface area contributed by atoms with Gasteiger partial charge in [0.2, 0.25) is 0 Å². The van der Waals surface area contributed by atoms with Crippen molar-refractivity contribution in [3.8, 4) is 0 Å². The molecule has 0 spiro atoms. The largest absolute Gasteiger partial charge is 0.466 e. The number of aliphatic hydroxyl groups is 3. The second kappa shape index (κ2) is 32.1. The highest BCUT2D eigenvalue weighted by molar-refractivity contribution is 6.05. The molecule has 0 heterocycles. The second-order valence-electron chi connectivity index (χ2n) is 9.88. The summed E-state index contributed by atoms with van der Waals surface area (Å²) in [6.07, 6.45) is 4.45. The van der Waals surface area contributed by atoms with Crippen LogP contribution >= 0.6 is 0 Å². The number of ketones is 4. The van der Waals surface area contributed by atoms with Crippen molar-refractivity contribution in [1.82, 2.24) is 0 Å². The average Bonchev–Trinajstić information content (AvgIpc) is 2.95. The molecule has 0 aliphatic heterocycles. The van der Waals surface area contributed by atoms with Gasteiger partial charge in [-0.15, -0.1) is 0 Å². The van der Waals surface area contributed by atoms with E-state index >= 15 is 0 Å². The van der Waals surface area contributed by atoms with Gasteiger partial charge in [0.1, 0.15) is 23.1 Å². The third-order valence-corrected chi connectivity index (χ3v) is 5.95. The van der Waals surface area contributed by atoms with Crippen molar-refractivity contribution >= 4 is 41.0 Å². The van der Waals surface area contributed by atoms with Gasteiger partial charge in [-0.25, -0.2) is 4.79 Å². The predicted molar refractivity (Wildman–Crippen MR) is 167 cm³/mol. The Bertz CT molecular complexity index is 824. The van der Waals surface area contributed by atoms with Crippen molar-refractivity contribution in [2.24, 2.45) is 5.41 Å². The van der Waals surface area contributed by atoms with E-state index in [0.717, 1.165) is 6.08 Å². The van der Waals surface area contributed by atoms with Crippen LogP contribution in [0.25, 0.3) is 0 Å². The lowest BCUT2D eigenvalue weighted by atomic mass is 9.73. The molecule has 0 atom stereocenters. The fraction of sp³-hybridized carbons (Fsp3) is 0.719. The molecule has 0 saturated heterocycles. The van der Waals surface area contributed by atoms with Crippen LogP contribution in [0.5, 0.6) is 0 Å². The first-order chi connectivity index (χ1) is 20.7. The Kier molecular flexibility index (Phi) is 34.7. The first-order valence-electron chi connectivity index (χ1n) is 14.7. The van der Waals surface area contributed by atoms with E-state index in [4.69, 9.17) is 24.8 Å². The fourth-order valence-electron chi connectivity index (χ4n) is 3.45. The molecule has 0 rings (SSSR count). The van der Waals surface area contributed by atoms with Crippen LogP contribution in [0.2, 0.25) is 0 Å². The number of esters is 3. The zero-order valence-corrected chi connectivity index (χ0v) is 26.7. The first kappa shape index (κ1) is 48.6. The van der Waals surface area contributed by atoms with E-state index in [1.807, 2.05) is 0 Å². The second-order valence-corrected chi connectivity index (χ2v) is 9.88. The minimum absolute atomic E-state index is 0. The summed E-state index contributed by atoms with van der Waals surface area (Å²) in [7, 11) is 0. The quantitative estimate of drug-likeness (QED) is 0.0479. The number of unbranched alkanes of at least 4 members (excludes halogenated alkanes) is 3. The van der Waals surface area contributed by atoms with E-state index in [1.54, 1.807) is 0 Å². The number of ether oxygens (including phenoxy) is 3. The maximum absolute atomic E-state index is 12.2. The normalized spacial score (nSPS) is 9.93. The summed E-state index contributed by atoms with van der Waals surface area (Å²) < 4.78 is 14.7. The molecule has 0 saturated carbocycles. The molecule has 13 heteroatoms. The van der Waals surface area contributed by atoms with Crippen molar-refractivity contribution in [3.05, 3.63) is 12.7 Å². The Hall–Kier alpha value is -3.29. The summed E-state index contributed by atoms with van der Waals surface area (Å²) >= 11 is 0. The Balaban J connectivity index is -0.000000381. The summed E-state index contributed by atoms with van der Waals surface area (Å²) in [6, 6.07) is 0. The molecule has 262 valence electrons. The van der Waals surface area contributed by atoms with Gasteiger partial charge >= 0.3 is 17.9 Å². The average molecular weight is 649 g/mol. The van der Waals surface area contributed by atoms with Crippen molar-refractivity contribution < 1.29 is 63.1 Å². The zero-order chi connectivity index (χ0) is 34.4. The van der Waals surface area contributed by atoms with Gasteiger partial charge in [0.15, 0.2) is 0 Å². The maximum Gasteiger partial charge on any atom is 0.330 e. The molecule has 0 amide bonds. The summed E-state index contributed by atoms with van der Waals surface area (Å²) in [5.41, 5.74) is -1.41. The molecular formula is C32H56O13. The van der Waals surface area contributed by atoms with Gasteiger partial charge < -0.3 is 29.5 Å². The molecule has 0 bridgehead atoms. The molecule has 0 fully saturated rings. The number of rotatable bonds is 23. The Morgan fingerprint density at radius 3 is 1.18 bits per heavy atom. The van der Waals surface area contributed by atoms with Crippen molar-refractivity contribution in [2.75, 3.05) is 39.6 Å². The molecule has 45 heavy (non-hydrogen) atoms. The molecule has 3 N–H and O–H groups in total. The Labute approximate surface area is 267 Å². The van der Waals surface area contributed by atoms with Crippen molar-refractivity contribution in [1.29, 1.82) is 0 Å². The number of carbonyl (C=O) groups excluding carboxylic acids is 7. The topological polar surface area (TPSA) is 208 Å². The van der Waals surface area contributed by atoms with Crippen LogP contribution in [-0.2, 0) is 47.8 Å². The predicted octanol–water partition coefficient (Wildman–Crippen LogP) is 3.02. The molecule has 0 aromatic heterocycles. The molecule has 0 aliphatic carbocycles. The van der Waals surface area contributed by atoms with E-state index in [0.29, 0.717) is 45.1 Å². The molecule has 0 aromatic rings. The minimum Gasteiger partial charge on any atom is -0.466 e. The number of Topliss-reactive ketones (excluding diaryl/α,β-unsaturated/α-hetero) is 4. The van der Waals surface area contributed by atoms with Gasteiger partial charge in [0, 0.05) is 38.7 Å². The summed E-state index contributed by atoms with van der Waals surface area (Å²) in [5.74, 6) is -2.36. The van der Waals surface area contributed by atoms with Crippen LogP contribution < -0.4 is 0 Å². The van der Waals surface area contributed by atoms with Crippen molar-refractivity contribution in [2.45, 2.75) is 106 Å². The summed E-state index contributed by atoms with van der Waals surface area (Å²) in [4.78, 5) is 78.4. The van der Waals surface area contributed by atoms with Crippen LogP contribution in [0.4, 0.5) is 0 Å². The maximum atomic E-state index is 12.2. The Morgan fingerprint density at radius 1 is 0.600 bits per heavy atom. The van der Waals surface area contributed by atoms with Gasteiger partial charge in [0.25, 0.3) is 0 Å². The standard InChI is InChI=1S/C19H32O8.C7H12O3.C5H8O2.CH4/c1-15(22)19(16(2)23,9-7-17(24)26-13-5-3-11-20)10-8-18(25)27-14-6-4-12-21;1-2-7(9)10-6-4-3-5-8;1-4(6)3-5(2)7;/h20-21H,3-14H2,1-2H3;2,8H,1,3-6H2;3H2,1-2H3;1H4. The number of carbonyl (C=O) groups is 7.